The van der Waals surface area contributed by atoms with E-state index < -0.39 is 14.4 Å². The van der Waals surface area contributed by atoms with Crippen molar-refractivity contribution in [2.24, 2.45) is 0 Å². The zero-order valence-electron chi connectivity index (χ0n) is 11.6. The molecule has 0 saturated carbocycles. The maximum Gasteiger partial charge on any atom is 0.217 e. The van der Waals surface area contributed by atoms with Crippen molar-refractivity contribution in [1.82, 2.24) is 0 Å². The summed E-state index contributed by atoms with van der Waals surface area (Å²) in [6.45, 7) is 7.25. The third-order valence-corrected chi connectivity index (χ3v) is 3.46. The first-order valence-corrected chi connectivity index (χ1v) is 9.64. The number of ether oxygens (including phenoxy) is 1. The van der Waals surface area contributed by atoms with Crippen molar-refractivity contribution in [2.75, 3.05) is 13.7 Å². The highest BCUT2D eigenvalue weighted by atomic mass is 28.3. The van der Waals surface area contributed by atoms with Crippen molar-refractivity contribution >= 4 is 8.07 Å². The Kier molecular flexibility index (Phi) is 6.28. The number of rotatable bonds is 7. The topological polar surface area (TPSA) is 27.7 Å². The minimum atomic E-state index is -1.15. The molecule has 0 aliphatic heterocycles. The number of hydrogen-bond acceptors (Lipinski definition) is 3. The van der Waals surface area contributed by atoms with Gasteiger partial charge in [0.2, 0.25) is 6.29 Å². The van der Waals surface area contributed by atoms with E-state index in [4.69, 9.17) is 14.5 Å². The van der Waals surface area contributed by atoms with Crippen LogP contribution < -0.4 is 0 Å². The quantitative estimate of drug-likeness (QED) is 0.247. The van der Waals surface area contributed by atoms with E-state index in [1.165, 1.54) is 0 Å². The molecule has 0 amide bonds. The van der Waals surface area contributed by atoms with E-state index in [0.29, 0.717) is 6.61 Å². The van der Waals surface area contributed by atoms with Gasteiger partial charge < -0.3 is 4.74 Å². The fourth-order valence-corrected chi connectivity index (χ4v) is 2.19. The van der Waals surface area contributed by atoms with Gasteiger partial charge in [0, 0.05) is 12.7 Å². The van der Waals surface area contributed by atoms with Crippen LogP contribution in [0, 0.1) is 0 Å². The fraction of sp³-hybridized carbons (Fsp3) is 0.429. The molecule has 1 aromatic carbocycles. The van der Waals surface area contributed by atoms with Crippen LogP contribution in [0.4, 0.5) is 0 Å². The second-order valence-corrected chi connectivity index (χ2v) is 10.2. The summed E-state index contributed by atoms with van der Waals surface area (Å²) in [5.41, 5.74) is 3.16. The molecule has 0 radical (unpaired) electrons. The van der Waals surface area contributed by atoms with Gasteiger partial charge in [0.25, 0.3) is 0 Å². The molecule has 100 valence electrons. The Labute approximate surface area is 110 Å². The standard InChI is InChI=1S/C14H22O3Si/c1-15-14(13-9-6-5-7-10-13)17-16-11-8-12-18(2,3)4/h5-10,12,14H,11H2,1-4H3/b12-8-. The van der Waals surface area contributed by atoms with Gasteiger partial charge >= 0.3 is 0 Å². The Morgan fingerprint density at radius 1 is 1.17 bits per heavy atom. The molecule has 0 N–H and O–H groups in total. The predicted molar refractivity (Wildman–Crippen MR) is 75.7 cm³/mol. The lowest BCUT2D eigenvalue weighted by Crippen LogP contribution is -2.16. The maximum atomic E-state index is 5.23. The van der Waals surface area contributed by atoms with Crippen LogP contribution in [0.15, 0.2) is 42.1 Å². The van der Waals surface area contributed by atoms with Gasteiger partial charge in [-0.3, -0.25) is 0 Å². The summed E-state index contributed by atoms with van der Waals surface area (Å²) in [5, 5.41) is 0. The van der Waals surface area contributed by atoms with Crippen molar-refractivity contribution in [1.29, 1.82) is 0 Å². The van der Waals surface area contributed by atoms with E-state index in [1.807, 2.05) is 36.4 Å². The molecule has 0 aromatic heterocycles. The normalized spacial score (nSPS) is 14.0. The molecule has 4 heteroatoms. The van der Waals surface area contributed by atoms with Crippen molar-refractivity contribution in [2.45, 2.75) is 25.9 Å². The van der Waals surface area contributed by atoms with Crippen LogP contribution in [0.5, 0.6) is 0 Å². The largest absolute Gasteiger partial charge is 0.349 e. The monoisotopic (exact) mass is 266 g/mol. The molecule has 1 atom stereocenters. The van der Waals surface area contributed by atoms with E-state index in [0.717, 1.165) is 5.56 Å². The minimum absolute atomic E-state index is 0.441. The van der Waals surface area contributed by atoms with Gasteiger partial charge in [0.1, 0.15) is 6.61 Å². The average molecular weight is 266 g/mol. The fourth-order valence-electron chi connectivity index (χ4n) is 1.38. The molecule has 1 rings (SSSR count). The van der Waals surface area contributed by atoms with E-state index in [1.54, 1.807) is 7.11 Å². The van der Waals surface area contributed by atoms with Gasteiger partial charge in [-0.25, -0.2) is 4.89 Å². The van der Waals surface area contributed by atoms with Crippen LogP contribution in [0.2, 0.25) is 19.6 Å². The van der Waals surface area contributed by atoms with Gasteiger partial charge in [-0.15, -0.1) is 0 Å². The summed E-state index contributed by atoms with van der Waals surface area (Å²) >= 11 is 0. The molecule has 0 bridgehead atoms. The molecule has 1 aromatic rings. The van der Waals surface area contributed by atoms with Crippen molar-refractivity contribution < 1.29 is 14.5 Å². The highest BCUT2D eigenvalue weighted by Crippen LogP contribution is 2.17. The summed E-state index contributed by atoms with van der Waals surface area (Å²) < 4.78 is 5.22. The molecule has 0 saturated heterocycles. The Bertz CT molecular complexity index is 357. The maximum absolute atomic E-state index is 5.23. The molecule has 1 unspecified atom stereocenters. The highest BCUT2D eigenvalue weighted by molar-refractivity contribution is 6.80. The second kappa shape index (κ2) is 7.48. The smallest absolute Gasteiger partial charge is 0.217 e. The van der Waals surface area contributed by atoms with Crippen LogP contribution in [-0.2, 0) is 14.5 Å². The molecule has 18 heavy (non-hydrogen) atoms. The lowest BCUT2D eigenvalue weighted by molar-refractivity contribution is -0.373. The van der Waals surface area contributed by atoms with E-state index in [-0.39, 0.29) is 0 Å². The van der Waals surface area contributed by atoms with Crippen LogP contribution in [0.1, 0.15) is 11.9 Å². The summed E-state index contributed by atoms with van der Waals surface area (Å²) in [6, 6.07) is 9.71. The zero-order valence-corrected chi connectivity index (χ0v) is 12.6. The molecule has 0 spiro atoms. The Hall–Kier alpha value is -0.943. The van der Waals surface area contributed by atoms with E-state index in [9.17, 15) is 0 Å². The van der Waals surface area contributed by atoms with Gasteiger partial charge in [-0.05, 0) is 0 Å². The van der Waals surface area contributed by atoms with Crippen LogP contribution in [0.25, 0.3) is 0 Å². The molecule has 0 fully saturated rings. The van der Waals surface area contributed by atoms with Crippen molar-refractivity contribution in [3.8, 4) is 0 Å². The molecular weight excluding hydrogens is 244 g/mol. The van der Waals surface area contributed by atoms with Crippen molar-refractivity contribution in [3.63, 3.8) is 0 Å². The molecule has 0 heterocycles. The number of hydrogen-bond donors (Lipinski definition) is 0. The molecule has 0 aliphatic rings. The lowest BCUT2D eigenvalue weighted by atomic mass is 10.2. The van der Waals surface area contributed by atoms with Crippen LogP contribution in [-0.4, -0.2) is 21.8 Å². The molecule has 0 aliphatic carbocycles. The predicted octanol–water partition coefficient (Wildman–Crippen LogP) is 3.71. The van der Waals surface area contributed by atoms with Crippen molar-refractivity contribution in [3.05, 3.63) is 47.7 Å². The summed E-state index contributed by atoms with van der Waals surface area (Å²) in [6.07, 6.45) is 1.52. The van der Waals surface area contributed by atoms with Gasteiger partial charge in [0.15, 0.2) is 0 Å². The van der Waals surface area contributed by atoms with Crippen LogP contribution >= 0.6 is 0 Å². The second-order valence-electron chi connectivity index (χ2n) is 5.13. The molecular formula is C14H22O3Si. The van der Waals surface area contributed by atoms with Crippen LogP contribution in [0.3, 0.4) is 0 Å². The van der Waals surface area contributed by atoms with E-state index in [2.05, 4.69) is 25.3 Å². The Morgan fingerprint density at radius 3 is 2.39 bits per heavy atom. The first kappa shape index (κ1) is 15.1. The Morgan fingerprint density at radius 2 is 1.83 bits per heavy atom. The third kappa shape index (κ3) is 6.12. The third-order valence-electron chi connectivity index (χ3n) is 2.22. The minimum Gasteiger partial charge on any atom is -0.349 e. The zero-order chi connectivity index (χ0) is 13.4. The van der Waals surface area contributed by atoms with Gasteiger partial charge in [-0.2, -0.15) is 4.89 Å². The summed E-state index contributed by atoms with van der Waals surface area (Å²) in [4.78, 5) is 10.4. The highest BCUT2D eigenvalue weighted by Gasteiger charge is 2.11. The van der Waals surface area contributed by atoms with E-state index >= 15 is 0 Å². The Balaban J connectivity index is 2.35. The molecule has 3 nitrogen and oxygen atoms in total. The van der Waals surface area contributed by atoms with Gasteiger partial charge in [-0.1, -0.05) is 61.7 Å². The number of benzene rings is 1. The lowest BCUT2D eigenvalue weighted by Gasteiger charge is -2.14. The SMILES string of the molecule is COC(OOC/C=C\[Si](C)(C)C)c1ccccc1. The summed E-state index contributed by atoms with van der Waals surface area (Å²) in [7, 11) is 0.442. The van der Waals surface area contributed by atoms with Gasteiger partial charge in [0.05, 0.1) is 8.07 Å². The first-order chi connectivity index (χ1) is 8.53. The first-order valence-electron chi connectivity index (χ1n) is 6.06. The number of methoxy groups -OCH3 is 1. The summed E-state index contributed by atoms with van der Waals surface area (Å²) in [5.74, 6) is 0. The average Bonchev–Trinajstić information content (AvgIpc) is 2.33.